The Hall–Kier alpha value is -0.130. The molecule has 0 aromatic carbocycles. The molecule has 100 valence electrons. The van der Waals surface area contributed by atoms with Crippen molar-refractivity contribution in [2.75, 3.05) is 18.9 Å². The van der Waals surface area contributed by atoms with E-state index in [4.69, 9.17) is 4.74 Å². The summed E-state index contributed by atoms with van der Waals surface area (Å²) >= 11 is 0. The van der Waals surface area contributed by atoms with E-state index in [1.807, 2.05) is 6.92 Å². The molecule has 5 heteroatoms. The van der Waals surface area contributed by atoms with E-state index in [1.54, 1.807) is 0 Å². The highest BCUT2D eigenvalue weighted by atomic mass is 32.2. The summed E-state index contributed by atoms with van der Waals surface area (Å²) in [6.07, 6.45) is 3.09. The van der Waals surface area contributed by atoms with Gasteiger partial charge >= 0.3 is 0 Å². The van der Waals surface area contributed by atoms with Gasteiger partial charge in [-0.15, -0.1) is 0 Å². The average molecular weight is 261 g/mol. The highest BCUT2D eigenvalue weighted by molar-refractivity contribution is 7.92. The maximum absolute atomic E-state index is 12.1. The molecular weight excluding hydrogens is 238 g/mol. The fourth-order valence-corrected chi connectivity index (χ4v) is 4.35. The van der Waals surface area contributed by atoms with Crippen molar-refractivity contribution in [3.05, 3.63) is 0 Å². The van der Waals surface area contributed by atoms with Crippen LogP contribution in [0.5, 0.6) is 0 Å². The van der Waals surface area contributed by atoms with E-state index < -0.39 is 9.84 Å². The van der Waals surface area contributed by atoms with Gasteiger partial charge in [0.1, 0.15) is 0 Å². The minimum Gasteiger partial charge on any atom is -0.377 e. The molecule has 2 rings (SSSR count). The number of hydrogen-bond donors (Lipinski definition) is 1. The Morgan fingerprint density at radius 2 is 2.06 bits per heavy atom. The fraction of sp³-hybridized carbons (Fsp3) is 1.00. The maximum atomic E-state index is 12.1. The molecule has 1 heterocycles. The third-order valence-electron chi connectivity index (χ3n) is 3.95. The fourth-order valence-electron chi connectivity index (χ4n) is 2.53. The van der Waals surface area contributed by atoms with Crippen molar-refractivity contribution >= 4 is 9.84 Å². The van der Waals surface area contributed by atoms with Gasteiger partial charge in [-0.1, -0.05) is 0 Å². The van der Waals surface area contributed by atoms with E-state index in [1.165, 1.54) is 12.8 Å². The Bertz CT molecular complexity index is 351. The van der Waals surface area contributed by atoms with Crippen LogP contribution in [0.1, 0.15) is 33.1 Å². The van der Waals surface area contributed by atoms with Crippen molar-refractivity contribution < 1.29 is 13.2 Å². The van der Waals surface area contributed by atoms with Gasteiger partial charge < -0.3 is 10.1 Å². The number of rotatable bonds is 6. The van der Waals surface area contributed by atoms with E-state index in [0.717, 1.165) is 5.92 Å². The monoisotopic (exact) mass is 261 g/mol. The number of nitrogens with one attached hydrogen (secondary N) is 1. The summed E-state index contributed by atoms with van der Waals surface area (Å²) in [6.45, 7) is 5.15. The Morgan fingerprint density at radius 1 is 1.35 bits per heavy atom. The first kappa shape index (κ1) is 13.3. The van der Waals surface area contributed by atoms with E-state index in [2.05, 4.69) is 12.2 Å². The number of hydrogen-bond acceptors (Lipinski definition) is 4. The third kappa shape index (κ3) is 3.42. The summed E-state index contributed by atoms with van der Waals surface area (Å²) in [5.74, 6) is 1.01. The molecule has 0 radical (unpaired) electrons. The topological polar surface area (TPSA) is 55.4 Å². The summed E-state index contributed by atoms with van der Waals surface area (Å²) in [7, 11) is -3.00. The molecule has 3 atom stereocenters. The zero-order chi connectivity index (χ0) is 12.5. The van der Waals surface area contributed by atoms with Crippen LogP contribution in [0.15, 0.2) is 0 Å². The summed E-state index contributed by atoms with van der Waals surface area (Å²) in [4.78, 5) is 0. The third-order valence-corrected chi connectivity index (χ3v) is 6.26. The minimum atomic E-state index is -3.00. The van der Waals surface area contributed by atoms with E-state index in [9.17, 15) is 8.42 Å². The second-order valence-corrected chi connectivity index (χ2v) is 7.69. The highest BCUT2D eigenvalue weighted by Gasteiger charge is 2.35. The lowest BCUT2D eigenvalue weighted by Crippen LogP contribution is -2.37. The summed E-state index contributed by atoms with van der Waals surface area (Å²) in [5.41, 5.74) is 0. The molecule has 1 aliphatic heterocycles. The van der Waals surface area contributed by atoms with Gasteiger partial charge in [0.25, 0.3) is 0 Å². The van der Waals surface area contributed by atoms with Crippen molar-refractivity contribution in [3.8, 4) is 0 Å². The first-order chi connectivity index (χ1) is 8.00. The minimum absolute atomic E-state index is 0.138. The zero-order valence-corrected chi connectivity index (χ0v) is 11.5. The van der Waals surface area contributed by atoms with E-state index in [-0.39, 0.29) is 17.1 Å². The molecule has 17 heavy (non-hydrogen) atoms. The molecule has 0 aromatic rings. The smallest absolute Gasteiger partial charge is 0.157 e. The number of sulfone groups is 1. The van der Waals surface area contributed by atoms with Crippen LogP contribution in [0.2, 0.25) is 0 Å². The lowest BCUT2D eigenvalue weighted by Gasteiger charge is -2.17. The van der Waals surface area contributed by atoms with Crippen LogP contribution in [0, 0.1) is 5.92 Å². The largest absolute Gasteiger partial charge is 0.377 e. The van der Waals surface area contributed by atoms with Crippen molar-refractivity contribution in [3.63, 3.8) is 0 Å². The van der Waals surface area contributed by atoms with Crippen molar-refractivity contribution in [1.29, 1.82) is 0 Å². The van der Waals surface area contributed by atoms with Gasteiger partial charge in [-0.3, -0.25) is 0 Å². The highest BCUT2D eigenvalue weighted by Crippen LogP contribution is 2.32. The summed E-state index contributed by atoms with van der Waals surface area (Å²) in [6, 6.07) is 0.461. The van der Waals surface area contributed by atoms with E-state index in [0.29, 0.717) is 25.6 Å². The van der Waals surface area contributed by atoms with Gasteiger partial charge in [-0.05, 0) is 39.0 Å². The van der Waals surface area contributed by atoms with Crippen molar-refractivity contribution in [2.24, 2.45) is 5.92 Å². The van der Waals surface area contributed by atoms with Crippen LogP contribution in [0.25, 0.3) is 0 Å². The lowest BCUT2D eigenvalue weighted by molar-refractivity contribution is 0.126. The molecule has 3 unspecified atom stereocenters. The molecule has 1 N–H and O–H groups in total. The first-order valence-corrected chi connectivity index (χ1v) is 8.29. The van der Waals surface area contributed by atoms with Gasteiger partial charge in [0.15, 0.2) is 9.84 Å². The molecule has 2 fully saturated rings. The van der Waals surface area contributed by atoms with Crippen LogP contribution in [0.4, 0.5) is 0 Å². The summed E-state index contributed by atoms with van der Waals surface area (Å²) in [5, 5.41) is 3.03. The van der Waals surface area contributed by atoms with Gasteiger partial charge in [0.2, 0.25) is 0 Å². The predicted octanol–water partition coefficient (Wildman–Crippen LogP) is 0.967. The Morgan fingerprint density at radius 3 is 2.59 bits per heavy atom. The molecule has 1 saturated heterocycles. The van der Waals surface area contributed by atoms with Crippen LogP contribution in [-0.2, 0) is 14.6 Å². The van der Waals surface area contributed by atoms with Crippen LogP contribution >= 0.6 is 0 Å². The molecule has 0 bridgehead atoms. The normalized spacial score (nSPS) is 31.6. The molecule has 0 aromatic heterocycles. The Kier molecular flexibility index (Phi) is 4.10. The first-order valence-electron chi connectivity index (χ1n) is 6.57. The Balaban J connectivity index is 1.76. The van der Waals surface area contributed by atoms with Crippen LogP contribution in [0.3, 0.4) is 0 Å². The molecule has 4 nitrogen and oxygen atoms in total. The average Bonchev–Trinajstić information content (AvgIpc) is 3.01. The van der Waals surface area contributed by atoms with Gasteiger partial charge in [0.05, 0.1) is 17.1 Å². The van der Waals surface area contributed by atoms with Crippen LogP contribution in [-0.4, -0.2) is 44.7 Å². The molecule has 2 aliphatic rings. The summed E-state index contributed by atoms with van der Waals surface area (Å²) < 4.78 is 29.5. The molecular formula is C12H23NO3S. The predicted molar refractivity (Wildman–Crippen MR) is 67.8 cm³/mol. The Labute approximate surface area is 104 Å². The second kappa shape index (κ2) is 5.24. The van der Waals surface area contributed by atoms with Crippen molar-refractivity contribution in [1.82, 2.24) is 5.32 Å². The molecule has 0 amide bonds. The lowest BCUT2D eigenvalue weighted by atomic mass is 10.2. The van der Waals surface area contributed by atoms with Crippen molar-refractivity contribution in [2.45, 2.75) is 50.5 Å². The maximum Gasteiger partial charge on any atom is 0.157 e. The van der Waals surface area contributed by atoms with Gasteiger partial charge in [0, 0.05) is 19.2 Å². The van der Waals surface area contributed by atoms with E-state index >= 15 is 0 Å². The zero-order valence-electron chi connectivity index (χ0n) is 10.7. The SMILES string of the molecule is CC(NCCS(=O)(=O)C1CCOC1C)C1CC1. The second-order valence-electron chi connectivity index (χ2n) is 5.35. The van der Waals surface area contributed by atoms with Gasteiger partial charge in [-0.25, -0.2) is 8.42 Å². The van der Waals surface area contributed by atoms with Crippen LogP contribution < -0.4 is 5.32 Å². The molecule has 0 spiro atoms. The van der Waals surface area contributed by atoms with Gasteiger partial charge in [-0.2, -0.15) is 0 Å². The standard InChI is InChI=1S/C12H23NO3S/c1-9(11-3-4-11)13-6-8-17(14,15)12-5-7-16-10(12)2/h9-13H,3-8H2,1-2H3. The molecule has 1 saturated carbocycles. The number of ether oxygens (including phenoxy) is 1. The molecule has 1 aliphatic carbocycles. The quantitative estimate of drug-likeness (QED) is 0.774.